The Morgan fingerprint density at radius 1 is 0.917 bits per heavy atom. The topological polar surface area (TPSA) is 52.7 Å². The number of carbonyl (C=O) groups is 2. The molecule has 2 aliphatic heterocycles. The molecule has 0 aromatic carbocycles. The highest BCUT2D eigenvalue weighted by Crippen LogP contribution is 2.24. The highest BCUT2D eigenvalue weighted by molar-refractivity contribution is 5.81. The van der Waals surface area contributed by atoms with Crippen molar-refractivity contribution >= 4 is 11.8 Å². The molecule has 0 atom stereocenters. The first-order valence-electron chi connectivity index (χ1n) is 9.69. The molecule has 2 rings (SSSR count). The van der Waals surface area contributed by atoms with Gasteiger partial charge in [0.05, 0.1) is 0 Å². The Bertz CT molecular complexity index is 420. The minimum atomic E-state index is 0.0516. The zero-order valence-electron chi connectivity index (χ0n) is 15.9. The van der Waals surface area contributed by atoms with Crippen molar-refractivity contribution < 1.29 is 9.59 Å². The van der Waals surface area contributed by atoms with Crippen LogP contribution >= 0.6 is 0 Å². The van der Waals surface area contributed by atoms with Crippen LogP contribution in [0.2, 0.25) is 0 Å². The van der Waals surface area contributed by atoms with Gasteiger partial charge in [0, 0.05) is 44.1 Å². The largest absolute Gasteiger partial charge is 0.342 e. The minimum Gasteiger partial charge on any atom is -0.342 e. The van der Waals surface area contributed by atoms with Gasteiger partial charge in [-0.3, -0.25) is 9.59 Å². The lowest BCUT2D eigenvalue weighted by atomic mass is 9.91. The summed E-state index contributed by atoms with van der Waals surface area (Å²) in [6.45, 7) is 12.6. The molecule has 0 aromatic rings. The normalized spacial score (nSPS) is 20.9. The Hall–Kier alpha value is -1.10. The fraction of sp³-hybridized carbons (Fsp3) is 0.895. The Balaban J connectivity index is 1.73. The van der Waals surface area contributed by atoms with Crippen LogP contribution in [0, 0.1) is 17.8 Å². The van der Waals surface area contributed by atoms with Crippen LogP contribution in [0.25, 0.3) is 0 Å². The van der Waals surface area contributed by atoms with Crippen LogP contribution in [0.4, 0.5) is 0 Å². The summed E-state index contributed by atoms with van der Waals surface area (Å²) in [6, 6.07) is 0.531. The summed E-state index contributed by atoms with van der Waals surface area (Å²) in [7, 11) is 0. The summed E-state index contributed by atoms with van der Waals surface area (Å²) in [5.74, 6) is 1.41. The van der Waals surface area contributed by atoms with Crippen molar-refractivity contribution in [1.29, 1.82) is 0 Å². The van der Waals surface area contributed by atoms with Crippen molar-refractivity contribution in [3.05, 3.63) is 0 Å². The van der Waals surface area contributed by atoms with Crippen molar-refractivity contribution in [2.45, 2.75) is 59.4 Å². The monoisotopic (exact) mass is 337 g/mol. The molecule has 0 aromatic heterocycles. The maximum Gasteiger partial charge on any atom is 0.225 e. The molecule has 24 heavy (non-hydrogen) atoms. The lowest BCUT2D eigenvalue weighted by Crippen LogP contribution is -2.48. The minimum absolute atomic E-state index is 0.0516. The second-order valence-electron chi connectivity index (χ2n) is 8.09. The van der Waals surface area contributed by atoms with Crippen molar-refractivity contribution in [2.75, 3.05) is 32.7 Å². The molecule has 0 aliphatic carbocycles. The molecule has 2 amide bonds. The third-order valence-corrected chi connectivity index (χ3v) is 5.39. The van der Waals surface area contributed by atoms with E-state index in [1.54, 1.807) is 0 Å². The Kier molecular flexibility index (Phi) is 7.08. The van der Waals surface area contributed by atoms with Crippen molar-refractivity contribution in [2.24, 2.45) is 17.8 Å². The van der Waals surface area contributed by atoms with E-state index in [1.165, 1.54) is 0 Å². The average molecular weight is 338 g/mol. The Labute approximate surface area is 147 Å². The molecule has 0 spiro atoms. The second-order valence-corrected chi connectivity index (χ2v) is 8.09. The third kappa shape index (κ3) is 5.20. The van der Waals surface area contributed by atoms with E-state index in [1.807, 2.05) is 18.7 Å². The number of piperidine rings is 2. The van der Waals surface area contributed by atoms with E-state index in [4.69, 9.17) is 0 Å². The highest BCUT2D eigenvalue weighted by Gasteiger charge is 2.32. The predicted octanol–water partition coefficient (Wildman–Crippen LogP) is 2.12. The van der Waals surface area contributed by atoms with Crippen LogP contribution in [0.15, 0.2) is 0 Å². The molecule has 2 fully saturated rings. The number of rotatable bonds is 5. The zero-order chi connectivity index (χ0) is 17.7. The highest BCUT2D eigenvalue weighted by atomic mass is 16.2. The zero-order valence-corrected chi connectivity index (χ0v) is 15.9. The number of nitrogens with one attached hydrogen (secondary N) is 1. The quantitative estimate of drug-likeness (QED) is 0.836. The van der Waals surface area contributed by atoms with Gasteiger partial charge in [-0.25, -0.2) is 0 Å². The standard InChI is InChI=1S/C19H35N3O2/c1-14(2)18(23)21-11-7-17(8-12-21)19(24)22-9-5-16(6-10-22)13-20-15(3)4/h14-17,20H,5-13H2,1-4H3. The smallest absolute Gasteiger partial charge is 0.225 e. The van der Waals surface area contributed by atoms with E-state index >= 15 is 0 Å². The molecule has 0 unspecified atom stereocenters. The molecule has 5 heteroatoms. The van der Waals surface area contributed by atoms with Gasteiger partial charge in [0.2, 0.25) is 11.8 Å². The molecule has 0 radical (unpaired) electrons. The number of likely N-dealkylation sites (tertiary alicyclic amines) is 2. The first-order valence-corrected chi connectivity index (χ1v) is 9.69. The van der Waals surface area contributed by atoms with Gasteiger partial charge in [-0.1, -0.05) is 27.7 Å². The molecule has 138 valence electrons. The van der Waals surface area contributed by atoms with Gasteiger partial charge in [0.25, 0.3) is 0 Å². The van der Waals surface area contributed by atoms with Crippen molar-refractivity contribution in [3.63, 3.8) is 0 Å². The van der Waals surface area contributed by atoms with Gasteiger partial charge < -0.3 is 15.1 Å². The van der Waals surface area contributed by atoms with Gasteiger partial charge >= 0.3 is 0 Å². The fourth-order valence-electron chi connectivity index (χ4n) is 3.73. The Morgan fingerprint density at radius 3 is 1.96 bits per heavy atom. The van der Waals surface area contributed by atoms with Crippen molar-refractivity contribution in [1.82, 2.24) is 15.1 Å². The summed E-state index contributed by atoms with van der Waals surface area (Å²) < 4.78 is 0. The maximum atomic E-state index is 12.7. The summed E-state index contributed by atoms with van der Waals surface area (Å²) in [5, 5.41) is 3.51. The summed E-state index contributed by atoms with van der Waals surface area (Å²) >= 11 is 0. The predicted molar refractivity (Wildman–Crippen MR) is 96.6 cm³/mol. The number of amides is 2. The van der Waals surface area contributed by atoms with Crippen LogP contribution in [0.3, 0.4) is 0 Å². The van der Waals surface area contributed by atoms with Gasteiger partial charge in [-0.05, 0) is 38.1 Å². The molecular weight excluding hydrogens is 302 g/mol. The molecule has 2 aliphatic rings. The molecule has 0 saturated carbocycles. The van der Waals surface area contributed by atoms with Crippen LogP contribution in [-0.2, 0) is 9.59 Å². The summed E-state index contributed by atoms with van der Waals surface area (Å²) in [5.41, 5.74) is 0. The first-order chi connectivity index (χ1) is 11.4. The van der Waals surface area contributed by atoms with E-state index in [9.17, 15) is 9.59 Å². The van der Waals surface area contributed by atoms with Crippen LogP contribution in [0.5, 0.6) is 0 Å². The lowest BCUT2D eigenvalue weighted by Gasteiger charge is -2.38. The Morgan fingerprint density at radius 2 is 1.46 bits per heavy atom. The van der Waals surface area contributed by atoms with E-state index in [0.717, 1.165) is 58.4 Å². The lowest BCUT2D eigenvalue weighted by molar-refractivity contribution is -0.142. The molecule has 2 saturated heterocycles. The van der Waals surface area contributed by atoms with Gasteiger partial charge in [0.1, 0.15) is 0 Å². The van der Waals surface area contributed by atoms with E-state index in [0.29, 0.717) is 17.9 Å². The second kappa shape index (κ2) is 8.84. The van der Waals surface area contributed by atoms with Crippen molar-refractivity contribution in [3.8, 4) is 0 Å². The van der Waals surface area contributed by atoms with E-state index in [2.05, 4.69) is 24.1 Å². The van der Waals surface area contributed by atoms with Gasteiger partial charge in [-0.15, -0.1) is 0 Å². The van der Waals surface area contributed by atoms with Crippen LogP contribution in [0.1, 0.15) is 53.4 Å². The van der Waals surface area contributed by atoms with Crippen LogP contribution < -0.4 is 5.32 Å². The number of carbonyl (C=O) groups excluding carboxylic acids is 2. The van der Waals surface area contributed by atoms with E-state index in [-0.39, 0.29) is 17.7 Å². The molecule has 5 nitrogen and oxygen atoms in total. The molecule has 0 bridgehead atoms. The first kappa shape index (κ1) is 19.2. The summed E-state index contributed by atoms with van der Waals surface area (Å²) in [4.78, 5) is 28.8. The molecule has 2 heterocycles. The molecule has 1 N–H and O–H groups in total. The molecular formula is C19H35N3O2. The van der Waals surface area contributed by atoms with Gasteiger partial charge in [0.15, 0.2) is 0 Å². The summed E-state index contributed by atoms with van der Waals surface area (Å²) in [6.07, 6.45) is 3.87. The van der Waals surface area contributed by atoms with Gasteiger partial charge in [-0.2, -0.15) is 0 Å². The average Bonchev–Trinajstić information content (AvgIpc) is 2.59. The maximum absolute atomic E-state index is 12.7. The SMILES string of the molecule is CC(C)NCC1CCN(C(=O)C2CCN(C(=O)C(C)C)CC2)CC1. The number of hydrogen-bond donors (Lipinski definition) is 1. The number of hydrogen-bond acceptors (Lipinski definition) is 3. The fourth-order valence-corrected chi connectivity index (χ4v) is 3.73. The van der Waals surface area contributed by atoms with E-state index < -0.39 is 0 Å². The van der Waals surface area contributed by atoms with Crippen LogP contribution in [-0.4, -0.2) is 60.4 Å². The number of nitrogens with zero attached hydrogens (tertiary/aromatic N) is 2. The third-order valence-electron chi connectivity index (χ3n) is 5.39.